The lowest BCUT2D eigenvalue weighted by Gasteiger charge is -2.38. The SMILES string of the molecule is CCc1ccc(/C=C/B(O)OC(C)(C)C(C)(C)O)cc1. The Morgan fingerprint density at radius 3 is 2.15 bits per heavy atom. The molecule has 1 aromatic rings. The zero-order chi connectivity index (χ0) is 15.4. The Labute approximate surface area is 122 Å². The predicted molar refractivity (Wildman–Crippen MR) is 84.3 cm³/mol. The zero-order valence-electron chi connectivity index (χ0n) is 13.1. The lowest BCUT2D eigenvalue weighted by atomic mass is 9.82. The van der Waals surface area contributed by atoms with E-state index in [1.807, 2.05) is 18.2 Å². The van der Waals surface area contributed by atoms with Crippen molar-refractivity contribution in [2.24, 2.45) is 0 Å². The third-order valence-corrected chi connectivity index (χ3v) is 3.73. The first-order valence-corrected chi connectivity index (χ1v) is 7.01. The minimum atomic E-state index is -1.05. The van der Waals surface area contributed by atoms with Crippen LogP contribution in [0, 0.1) is 0 Å². The van der Waals surface area contributed by atoms with Crippen molar-refractivity contribution in [3.63, 3.8) is 0 Å². The van der Waals surface area contributed by atoms with Crippen LogP contribution in [0.2, 0.25) is 0 Å². The molecular formula is C16H25BO3. The number of rotatable bonds is 6. The van der Waals surface area contributed by atoms with E-state index < -0.39 is 18.3 Å². The van der Waals surface area contributed by atoms with Gasteiger partial charge in [0.1, 0.15) is 0 Å². The van der Waals surface area contributed by atoms with Gasteiger partial charge >= 0.3 is 7.12 Å². The van der Waals surface area contributed by atoms with E-state index in [1.54, 1.807) is 33.7 Å². The molecule has 0 aliphatic rings. The maximum atomic E-state index is 9.98. The summed E-state index contributed by atoms with van der Waals surface area (Å²) in [5.41, 5.74) is 0.404. The van der Waals surface area contributed by atoms with Crippen molar-refractivity contribution in [2.45, 2.75) is 52.2 Å². The van der Waals surface area contributed by atoms with Gasteiger partial charge in [-0.3, -0.25) is 0 Å². The first kappa shape index (κ1) is 17.0. The Morgan fingerprint density at radius 1 is 1.15 bits per heavy atom. The van der Waals surface area contributed by atoms with Crippen molar-refractivity contribution < 1.29 is 14.8 Å². The third-order valence-electron chi connectivity index (χ3n) is 3.73. The van der Waals surface area contributed by atoms with E-state index >= 15 is 0 Å². The van der Waals surface area contributed by atoms with E-state index in [4.69, 9.17) is 4.65 Å². The monoisotopic (exact) mass is 276 g/mol. The topological polar surface area (TPSA) is 49.7 Å². The summed E-state index contributed by atoms with van der Waals surface area (Å²) in [5.74, 6) is 1.58. The van der Waals surface area contributed by atoms with Crippen LogP contribution in [0.15, 0.2) is 30.2 Å². The first-order valence-electron chi connectivity index (χ1n) is 7.01. The molecule has 0 saturated carbocycles. The second-order valence-corrected chi connectivity index (χ2v) is 6.03. The second-order valence-electron chi connectivity index (χ2n) is 6.03. The molecule has 0 unspecified atom stereocenters. The Hall–Kier alpha value is -1.10. The molecule has 0 aliphatic heterocycles. The fourth-order valence-corrected chi connectivity index (χ4v) is 1.54. The van der Waals surface area contributed by atoms with Gasteiger partial charge in [-0.1, -0.05) is 43.2 Å². The Kier molecular flexibility index (Phi) is 5.57. The van der Waals surface area contributed by atoms with Crippen LogP contribution in [0.1, 0.15) is 45.7 Å². The highest BCUT2D eigenvalue weighted by atomic mass is 16.5. The minimum Gasteiger partial charge on any atom is -0.423 e. The van der Waals surface area contributed by atoms with Crippen LogP contribution in [0.4, 0.5) is 0 Å². The molecule has 20 heavy (non-hydrogen) atoms. The summed E-state index contributed by atoms with van der Waals surface area (Å²) in [6.45, 7) is 8.93. The second kappa shape index (κ2) is 6.57. The van der Waals surface area contributed by atoms with Gasteiger partial charge in [0.05, 0.1) is 11.2 Å². The summed E-state index contributed by atoms with van der Waals surface area (Å²) in [6, 6.07) is 8.13. The molecule has 1 aromatic carbocycles. The molecule has 0 aliphatic carbocycles. The van der Waals surface area contributed by atoms with Crippen LogP contribution < -0.4 is 0 Å². The average molecular weight is 276 g/mol. The number of aryl methyl sites for hydroxylation is 1. The van der Waals surface area contributed by atoms with Gasteiger partial charge in [-0.15, -0.1) is 0 Å². The molecule has 0 spiro atoms. The lowest BCUT2D eigenvalue weighted by molar-refractivity contribution is -0.0984. The van der Waals surface area contributed by atoms with Crippen molar-refractivity contribution in [1.82, 2.24) is 0 Å². The maximum absolute atomic E-state index is 9.98. The quantitative estimate of drug-likeness (QED) is 0.785. The Morgan fingerprint density at radius 2 is 1.70 bits per heavy atom. The van der Waals surface area contributed by atoms with Crippen molar-refractivity contribution in [3.05, 3.63) is 41.4 Å². The molecule has 1 rings (SSSR count). The summed E-state index contributed by atoms with van der Waals surface area (Å²) in [6.07, 6.45) is 2.82. The molecule has 110 valence electrons. The van der Waals surface area contributed by atoms with Crippen LogP contribution in [0.5, 0.6) is 0 Å². The fraction of sp³-hybridized carbons (Fsp3) is 0.500. The Bertz CT molecular complexity index is 444. The van der Waals surface area contributed by atoms with Gasteiger partial charge in [0.25, 0.3) is 0 Å². The average Bonchev–Trinajstić information content (AvgIpc) is 2.35. The van der Waals surface area contributed by atoms with Crippen LogP contribution in [-0.2, 0) is 11.1 Å². The van der Waals surface area contributed by atoms with Crippen molar-refractivity contribution >= 4 is 13.2 Å². The number of benzene rings is 1. The van der Waals surface area contributed by atoms with Crippen LogP contribution in [0.3, 0.4) is 0 Å². The summed E-state index contributed by atoms with van der Waals surface area (Å²) >= 11 is 0. The highest BCUT2D eigenvalue weighted by Gasteiger charge is 2.38. The normalized spacial score (nSPS) is 12.9. The van der Waals surface area contributed by atoms with Crippen LogP contribution in [0.25, 0.3) is 6.08 Å². The van der Waals surface area contributed by atoms with Crippen LogP contribution >= 0.6 is 0 Å². The van der Waals surface area contributed by atoms with E-state index in [2.05, 4.69) is 19.1 Å². The molecule has 0 heterocycles. The van der Waals surface area contributed by atoms with Gasteiger partial charge in [0.2, 0.25) is 0 Å². The van der Waals surface area contributed by atoms with Gasteiger partial charge in [-0.25, -0.2) is 0 Å². The summed E-state index contributed by atoms with van der Waals surface area (Å²) < 4.78 is 5.49. The molecule has 4 heteroatoms. The molecule has 0 radical (unpaired) electrons. The third kappa shape index (κ3) is 4.78. The molecular weight excluding hydrogens is 251 g/mol. The standard InChI is InChI=1S/C16H25BO3/c1-6-13-7-9-14(10-8-13)11-12-17(19)20-16(4,5)15(2,3)18/h7-12,18-19H,6H2,1-5H3/b12-11+. The lowest BCUT2D eigenvalue weighted by Crippen LogP contribution is -2.50. The highest BCUT2D eigenvalue weighted by molar-refractivity contribution is 6.50. The van der Waals surface area contributed by atoms with Gasteiger partial charge < -0.3 is 14.8 Å². The molecule has 0 fully saturated rings. The summed E-state index contributed by atoms with van der Waals surface area (Å²) in [5, 5.41) is 19.9. The van der Waals surface area contributed by atoms with E-state index in [1.165, 1.54) is 5.56 Å². The number of hydrogen-bond acceptors (Lipinski definition) is 3. The van der Waals surface area contributed by atoms with Crippen LogP contribution in [-0.4, -0.2) is 28.5 Å². The van der Waals surface area contributed by atoms with Gasteiger partial charge in [-0.2, -0.15) is 0 Å². The highest BCUT2D eigenvalue weighted by Crippen LogP contribution is 2.25. The number of aliphatic hydroxyl groups is 1. The van der Waals surface area contributed by atoms with E-state index in [0.717, 1.165) is 12.0 Å². The zero-order valence-corrected chi connectivity index (χ0v) is 13.1. The van der Waals surface area contributed by atoms with E-state index in [0.29, 0.717) is 0 Å². The van der Waals surface area contributed by atoms with Gasteiger partial charge in [-0.05, 0) is 45.2 Å². The molecule has 2 N–H and O–H groups in total. The molecule has 0 bridgehead atoms. The summed E-state index contributed by atoms with van der Waals surface area (Å²) in [7, 11) is -1.05. The first-order chi connectivity index (χ1) is 9.15. The predicted octanol–water partition coefficient (Wildman–Crippen LogP) is 2.85. The minimum absolute atomic E-state index is 0.844. The van der Waals surface area contributed by atoms with Crippen molar-refractivity contribution in [3.8, 4) is 0 Å². The molecule has 3 nitrogen and oxygen atoms in total. The fourth-order valence-electron chi connectivity index (χ4n) is 1.54. The molecule has 0 atom stereocenters. The van der Waals surface area contributed by atoms with Crippen molar-refractivity contribution in [2.75, 3.05) is 0 Å². The van der Waals surface area contributed by atoms with E-state index in [-0.39, 0.29) is 0 Å². The molecule has 0 amide bonds. The van der Waals surface area contributed by atoms with E-state index in [9.17, 15) is 10.1 Å². The van der Waals surface area contributed by atoms with Gasteiger partial charge in [0, 0.05) is 0 Å². The number of hydrogen-bond donors (Lipinski definition) is 2. The van der Waals surface area contributed by atoms with Crippen molar-refractivity contribution in [1.29, 1.82) is 0 Å². The molecule has 0 saturated heterocycles. The largest absolute Gasteiger partial charge is 0.483 e. The maximum Gasteiger partial charge on any atom is 0.483 e. The Balaban J connectivity index is 2.65. The smallest absolute Gasteiger partial charge is 0.423 e. The molecule has 0 aromatic heterocycles. The summed E-state index contributed by atoms with van der Waals surface area (Å²) in [4.78, 5) is 0. The van der Waals surface area contributed by atoms with Gasteiger partial charge in [0.15, 0.2) is 0 Å².